The Hall–Kier alpha value is -4.75. The summed E-state index contributed by atoms with van der Waals surface area (Å²) in [5.41, 5.74) is 7.88. The second-order valence-electron chi connectivity index (χ2n) is 19.0. The summed E-state index contributed by atoms with van der Waals surface area (Å²) in [4.78, 5) is 9.61. The molecule has 0 fully saturated rings. The number of aryl methyl sites for hydroxylation is 1. The van der Waals surface area contributed by atoms with E-state index in [9.17, 15) is 4.39 Å². The van der Waals surface area contributed by atoms with Crippen LogP contribution < -0.4 is 5.19 Å². The summed E-state index contributed by atoms with van der Waals surface area (Å²) in [6.07, 6.45) is 1.93. The van der Waals surface area contributed by atoms with Gasteiger partial charge in [0, 0.05) is 52.9 Å². The number of pyridine rings is 1. The third-order valence-electron chi connectivity index (χ3n) is 11.2. The molecule has 0 spiro atoms. The van der Waals surface area contributed by atoms with E-state index in [2.05, 4.69) is 108 Å². The predicted molar refractivity (Wildman–Crippen MR) is 250 cm³/mol. The zero-order valence-electron chi connectivity index (χ0n) is 40.2. The number of alkyl halides is 1. The van der Waals surface area contributed by atoms with Crippen LogP contribution >= 0.6 is 0 Å². The van der Waals surface area contributed by atoms with Gasteiger partial charge in [0.05, 0.1) is 30.5 Å². The monoisotopic (exact) mass is 1010 g/mol. The fourth-order valence-electron chi connectivity index (χ4n) is 7.74. The van der Waals surface area contributed by atoms with Crippen LogP contribution in [0.15, 0.2) is 102 Å². The van der Waals surface area contributed by atoms with Crippen molar-refractivity contribution >= 4 is 46.2 Å². The maximum absolute atomic E-state index is 16.1. The largest absolute Gasteiger partial charge is 0.501 e. The van der Waals surface area contributed by atoms with Gasteiger partial charge in [0.2, 0.25) is 0 Å². The molecule has 4 nitrogen and oxygen atoms in total. The number of rotatable bonds is 7. The van der Waals surface area contributed by atoms with Crippen molar-refractivity contribution in [3.05, 3.63) is 143 Å². The summed E-state index contributed by atoms with van der Waals surface area (Å²) < 4.78 is 62.5. The van der Waals surface area contributed by atoms with Crippen LogP contribution in [0.1, 0.15) is 106 Å². The van der Waals surface area contributed by atoms with Gasteiger partial charge in [-0.1, -0.05) is 141 Å². The first kappa shape index (κ1) is 41.6. The number of para-hydroxylation sites is 2. The smallest absolute Gasteiger partial charge is 0.132 e. The molecule has 0 aliphatic carbocycles. The van der Waals surface area contributed by atoms with Crippen LogP contribution in [0.5, 0.6) is 0 Å². The van der Waals surface area contributed by atoms with Crippen molar-refractivity contribution < 1.29 is 37.4 Å². The molecule has 5 aromatic carbocycles. The molecular weight excluding hydrogens is 953 g/mol. The third kappa shape index (κ3) is 9.09. The van der Waals surface area contributed by atoms with E-state index in [-0.39, 0.29) is 48.7 Å². The van der Waals surface area contributed by atoms with Crippen molar-refractivity contribution in [2.75, 3.05) is 0 Å². The van der Waals surface area contributed by atoms with Crippen molar-refractivity contribution in [2.45, 2.75) is 112 Å². The van der Waals surface area contributed by atoms with Crippen LogP contribution in [-0.4, -0.2) is 22.6 Å². The molecule has 319 valence electrons. The van der Waals surface area contributed by atoms with E-state index in [0.29, 0.717) is 49.9 Å². The number of halogens is 2. The third-order valence-corrected chi connectivity index (χ3v) is 13.2. The molecule has 3 heterocycles. The Morgan fingerprint density at radius 1 is 0.836 bits per heavy atom. The van der Waals surface area contributed by atoms with Crippen molar-refractivity contribution in [1.29, 1.82) is 0 Å². The van der Waals surface area contributed by atoms with Gasteiger partial charge < -0.3 is 14.0 Å². The Balaban J connectivity index is 0.000000317. The molecule has 0 amide bonds. The van der Waals surface area contributed by atoms with Crippen LogP contribution in [0, 0.1) is 24.8 Å². The first-order valence-electron chi connectivity index (χ1n) is 22.3. The SMILES string of the molecule is C[Si](C)(C)c1ccc(-c2[c-]cc(F)cc2)nc1.[2H]C([2H])([2H])c1c[c-]c(-c2nc3cccc(C(C)(C)F)c3n2-c2c(C(C)C)cc(C(C)(C)C)cc2C(C)C)c2oc3ccccc3c12.[Ir]. The second kappa shape index (κ2) is 17.2. The summed E-state index contributed by atoms with van der Waals surface area (Å²) in [5.74, 6) is 0.533. The number of hydrogen-bond acceptors (Lipinski definition) is 3. The molecule has 8 rings (SSSR count). The van der Waals surface area contributed by atoms with Gasteiger partial charge in [-0.25, -0.2) is 4.39 Å². The van der Waals surface area contributed by atoms with Crippen molar-refractivity contribution in [3.8, 4) is 28.3 Å². The molecule has 0 unspecified atom stereocenters. The number of benzene rings is 5. The summed E-state index contributed by atoms with van der Waals surface area (Å²) in [6, 6.07) is 33.9. The molecule has 0 saturated heterocycles. The van der Waals surface area contributed by atoms with Gasteiger partial charge in [-0.2, -0.15) is 0 Å². The average molecular weight is 1010 g/mol. The Morgan fingerprint density at radius 3 is 2.08 bits per heavy atom. The van der Waals surface area contributed by atoms with Crippen LogP contribution in [0.4, 0.5) is 8.78 Å². The Labute approximate surface area is 379 Å². The molecule has 61 heavy (non-hydrogen) atoms. The summed E-state index contributed by atoms with van der Waals surface area (Å²) in [5, 5.41) is 2.56. The quantitative estimate of drug-likeness (QED) is 0.118. The fraction of sp³-hybridized carbons (Fsp3) is 0.321. The normalized spacial score (nSPS) is 13.3. The molecule has 0 bridgehead atoms. The number of furan rings is 1. The van der Waals surface area contributed by atoms with Crippen molar-refractivity contribution in [3.63, 3.8) is 0 Å². The minimum absolute atomic E-state index is 0. The molecule has 3 aromatic heterocycles. The average Bonchev–Trinajstić information content (AvgIpc) is 3.78. The van der Waals surface area contributed by atoms with E-state index >= 15 is 4.39 Å². The molecule has 0 atom stereocenters. The molecule has 8 heteroatoms. The second-order valence-corrected chi connectivity index (χ2v) is 24.0. The fourth-order valence-corrected chi connectivity index (χ4v) is 8.78. The minimum atomic E-state index is -2.39. The van der Waals surface area contributed by atoms with Gasteiger partial charge in [0.1, 0.15) is 11.3 Å². The number of fused-ring (bicyclic) bond motifs is 4. The van der Waals surface area contributed by atoms with E-state index in [4.69, 9.17) is 13.5 Å². The van der Waals surface area contributed by atoms with Gasteiger partial charge in [-0.15, -0.1) is 47.5 Å². The summed E-state index contributed by atoms with van der Waals surface area (Å²) >= 11 is 0. The van der Waals surface area contributed by atoms with E-state index in [0.717, 1.165) is 28.1 Å². The van der Waals surface area contributed by atoms with E-state index in [1.165, 1.54) is 22.9 Å². The minimum Gasteiger partial charge on any atom is -0.501 e. The maximum atomic E-state index is 16.1. The number of imidazole rings is 1. The molecule has 0 aliphatic rings. The van der Waals surface area contributed by atoms with Crippen molar-refractivity contribution in [2.24, 2.45) is 0 Å². The Bertz CT molecular complexity index is 2920. The molecule has 1 radical (unpaired) electrons. The predicted octanol–water partition coefficient (Wildman–Crippen LogP) is 14.7. The first-order chi connectivity index (χ1) is 29.4. The van der Waals surface area contributed by atoms with Gasteiger partial charge in [0.25, 0.3) is 0 Å². The zero-order valence-corrected chi connectivity index (χ0v) is 40.6. The Kier molecular flexibility index (Phi) is 11.7. The van der Waals surface area contributed by atoms with Crippen LogP contribution in [0.3, 0.4) is 0 Å². The van der Waals surface area contributed by atoms with Gasteiger partial charge in [0.15, 0.2) is 0 Å². The molecular formula is C53H57F2IrN3OSi-2. The van der Waals surface area contributed by atoms with Crippen molar-refractivity contribution in [1.82, 2.24) is 14.5 Å². The maximum Gasteiger partial charge on any atom is 0.132 e. The number of hydrogen-bond donors (Lipinski definition) is 0. The van der Waals surface area contributed by atoms with E-state index in [1.807, 2.05) is 54.7 Å². The standard InChI is InChI=1S/C39H42FN2O.C14H15FNSi.Ir/c1-22(2)28-20-25(38(6,7)8)21-29(23(3)4)34(28)42-35-30(39(9,10)40)15-13-16-31(35)41-37(42)27-19-18-24(5)33-26-14-11-12-17-32(26)43-36(27)33;1-17(2,3)13-8-9-14(16-10-13)11-4-6-12(15)7-5-11;/h11-18,20-23H,1-10H3;4,6-10H,1-3H3;/q2*-1;/i5D3;;. The summed E-state index contributed by atoms with van der Waals surface area (Å²) in [7, 11) is -1.30. The first-order valence-corrected chi connectivity index (χ1v) is 24.3. The Morgan fingerprint density at radius 2 is 1.52 bits per heavy atom. The number of nitrogens with zero attached hydrogens (tertiary/aromatic N) is 3. The summed E-state index contributed by atoms with van der Waals surface area (Å²) in [6.45, 7) is 23.0. The molecule has 0 aliphatic heterocycles. The van der Waals surface area contributed by atoms with Gasteiger partial charge in [-0.3, -0.25) is 9.37 Å². The van der Waals surface area contributed by atoms with Gasteiger partial charge in [-0.05, 0) is 70.8 Å². The van der Waals surface area contributed by atoms with E-state index < -0.39 is 20.6 Å². The van der Waals surface area contributed by atoms with Gasteiger partial charge >= 0.3 is 0 Å². The molecule has 0 saturated carbocycles. The van der Waals surface area contributed by atoms with Crippen LogP contribution in [-0.2, 0) is 31.2 Å². The van der Waals surface area contributed by atoms with E-state index in [1.54, 1.807) is 26.0 Å². The molecule has 0 N–H and O–H groups in total. The molecule has 8 aromatic rings. The number of aromatic nitrogens is 3. The van der Waals surface area contributed by atoms with Crippen LogP contribution in [0.2, 0.25) is 19.6 Å². The van der Waals surface area contributed by atoms with Crippen LogP contribution in [0.25, 0.3) is 61.3 Å². The topological polar surface area (TPSA) is 43.9 Å². The zero-order chi connectivity index (χ0) is 46.0.